The molecule has 0 aliphatic heterocycles. The van der Waals surface area contributed by atoms with E-state index in [1.165, 1.54) is 17.8 Å². The van der Waals surface area contributed by atoms with E-state index in [1.807, 2.05) is 30.3 Å². The second kappa shape index (κ2) is 7.48. The van der Waals surface area contributed by atoms with Crippen LogP contribution >= 0.6 is 11.8 Å². The van der Waals surface area contributed by atoms with E-state index in [9.17, 15) is 4.39 Å². The molecule has 2 nitrogen and oxygen atoms in total. The molecule has 2 rings (SSSR count). The average molecular weight is 305 g/mol. The molecule has 2 aromatic carbocycles. The first-order chi connectivity index (χ1) is 10.1. The van der Waals surface area contributed by atoms with Gasteiger partial charge in [-0.05, 0) is 29.8 Å². The Morgan fingerprint density at radius 1 is 1.19 bits per heavy atom. The van der Waals surface area contributed by atoms with Crippen LogP contribution in [0.25, 0.3) is 0 Å². The molecular weight excluding hydrogens is 285 g/mol. The van der Waals surface area contributed by atoms with Crippen molar-refractivity contribution in [3.8, 4) is 5.75 Å². The van der Waals surface area contributed by atoms with Gasteiger partial charge in [0.25, 0.3) is 0 Å². The van der Waals surface area contributed by atoms with Crippen molar-refractivity contribution in [2.24, 2.45) is 0 Å². The molecule has 2 aromatic rings. The summed E-state index contributed by atoms with van der Waals surface area (Å²) < 4.78 is 19.4. The zero-order valence-corrected chi connectivity index (χ0v) is 13.3. The van der Waals surface area contributed by atoms with E-state index in [4.69, 9.17) is 4.74 Å². The summed E-state index contributed by atoms with van der Waals surface area (Å²) in [6.45, 7) is 4.81. The van der Waals surface area contributed by atoms with Crippen molar-refractivity contribution in [2.75, 3.05) is 7.11 Å². The van der Waals surface area contributed by atoms with Gasteiger partial charge < -0.3 is 10.1 Å². The fraction of sp³-hybridized carbons (Fsp3) is 0.294. The summed E-state index contributed by atoms with van der Waals surface area (Å²) >= 11 is 1.43. The molecule has 0 aliphatic carbocycles. The first-order valence-electron chi connectivity index (χ1n) is 6.93. The molecule has 0 radical (unpaired) electrons. The normalized spacial score (nSPS) is 10.9. The van der Waals surface area contributed by atoms with Gasteiger partial charge in [-0.15, -0.1) is 0 Å². The van der Waals surface area contributed by atoms with E-state index >= 15 is 0 Å². The van der Waals surface area contributed by atoms with Gasteiger partial charge in [0, 0.05) is 17.5 Å². The quantitative estimate of drug-likeness (QED) is 0.850. The lowest BCUT2D eigenvalue weighted by atomic mass is 10.2. The van der Waals surface area contributed by atoms with Gasteiger partial charge in [-0.2, -0.15) is 0 Å². The topological polar surface area (TPSA) is 21.3 Å². The number of halogens is 1. The summed E-state index contributed by atoms with van der Waals surface area (Å²) in [7, 11) is 1.63. The van der Waals surface area contributed by atoms with Crippen LogP contribution in [0.4, 0.5) is 4.39 Å². The molecule has 0 heterocycles. The van der Waals surface area contributed by atoms with Crippen molar-refractivity contribution < 1.29 is 9.13 Å². The van der Waals surface area contributed by atoms with Crippen molar-refractivity contribution in [3.63, 3.8) is 0 Å². The van der Waals surface area contributed by atoms with Crippen LogP contribution < -0.4 is 10.1 Å². The molecule has 0 aromatic heterocycles. The van der Waals surface area contributed by atoms with Crippen molar-refractivity contribution >= 4 is 11.8 Å². The molecule has 0 aliphatic rings. The number of methoxy groups -OCH3 is 1. The molecule has 0 bridgehead atoms. The summed E-state index contributed by atoms with van der Waals surface area (Å²) in [4.78, 5) is 1.63. The fourth-order valence-electron chi connectivity index (χ4n) is 1.90. The molecule has 0 atom stereocenters. The Kier molecular flexibility index (Phi) is 5.65. The van der Waals surface area contributed by atoms with E-state index in [0.29, 0.717) is 17.5 Å². The summed E-state index contributed by atoms with van der Waals surface area (Å²) in [6.07, 6.45) is 0. The molecule has 0 saturated heterocycles. The lowest BCUT2D eigenvalue weighted by Crippen LogP contribution is -2.22. The largest absolute Gasteiger partial charge is 0.497 e. The minimum Gasteiger partial charge on any atom is -0.497 e. The minimum absolute atomic E-state index is 0.189. The molecule has 0 unspecified atom stereocenters. The number of hydrogen-bond donors (Lipinski definition) is 1. The maximum Gasteiger partial charge on any atom is 0.137 e. The highest BCUT2D eigenvalue weighted by Crippen LogP contribution is 2.34. The molecule has 0 spiro atoms. The Labute approximate surface area is 129 Å². The maximum atomic E-state index is 14.2. The monoisotopic (exact) mass is 305 g/mol. The molecular formula is C17H20FNOS. The van der Waals surface area contributed by atoms with Crippen LogP contribution in [0.3, 0.4) is 0 Å². The van der Waals surface area contributed by atoms with Crippen LogP contribution in [0.5, 0.6) is 5.75 Å². The van der Waals surface area contributed by atoms with Crippen LogP contribution in [0.2, 0.25) is 0 Å². The number of benzene rings is 2. The summed E-state index contributed by atoms with van der Waals surface area (Å²) in [5.74, 6) is 0.587. The zero-order valence-electron chi connectivity index (χ0n) is 12.5. The third-order valence-electron chi connectivity index (χ3n) is 3.01. The van der Waals surface area contributed by atoms with Crippen LogP contribution in [0, 0.1) is 5.82 Å². The second-order valence-electron chi connectivity index (χ2n) is 5.04. The molecule has 0 saturated carbocycles. The highest BCUT2D eigenvalue weighted by atomic mass is 32.2. The highest BCUT2D eigenvalue weighted by molar-refractivity contribution is 7.99. The first kappa shape index (κ1) is 15.9. The number of hydrogen-bond acceptors (Lipinski definition) is 3. The van der Waals surface area contributed by atoms with Gasteiger partial charge in [0.15, 0.2) is 0 Å². The van der Waals surface area contributed by atoms with Crippen molar-refractivity contribution in [3.05, 3.63) is 53.8 Å². The Morgan fingerprint density at radius 3 is 2.67 bits per heavy atom. The number of rotatable bonds is 6. The number of ether oxygens (including phenoxy) is 1. The first-order valence-corrected chi connectivity index (χ1v) is 7.74. The van der Waals surface area contributed by atoms with Gasteiger partial charge in [0.1, 0.15) is 11.6 Å². The second-order valence-corrected chi connectivity index (χ2v) is 6.13. The van der Waals surface area contributed by atoms with Gasteiger partial charge in [-0.3, -0.25) is 0 Å². The summed E-state index contributed by atoms with van der Waals surface area (Å²) in [5.41, 5.74) is 0.969. The zero-order chi connectivity index (χ0) is 15.2. The van der Waals surface area contributed by atoms with E-state index in [1.54, 1.807) is 13.2 Å². The molecule has 1 N–H and O–H groups in total. The highest BCUT2D eigenvalue weighted by Gasteiger charge is 2.11. The molecule has 0 amide bonds. The van der Waals surface area contributed by atoms with Crippen LogP contribution in [-0.4, -0.2) is 13.2 Å². The van der Waals surface area contributed by atoms with Gasteiger partial charge in [0.05, 0.1) is 12.0 Å². The van der Waals surface area contributed by atoms with Gasteiger partial charge in [0.2, 0.25) is 0 Å². The smallest absolute Gasteiger partial charge is 0.137 e. The van der Waals surface area contributed by atoms with Crippen LogP contribution in [0.15, 0.2) is 52.3 Å². The fourth-order valence-corrected chi connectivity index (χ4v) is 2.90. The molecule has 0 fully saturated rings. The third kappa shape index (κ3) is 4.48. The van der Waals surface area contributed by atoms with Crippen molar-refractivity contribution in [2.45, 2.75) is 36.2 Å². The predicted octanol–water partition coefficient (Wildman–Crippen LogP) is 4.48. The maximum absolute atomic E-state index is 14.2. The number of nitrogens with one attached hydrogen (secondary N) is 1. The Bertz CT molecular complexity index is 601. The lowest BCUT2D eigenvalue weighted by Gasteiger charge is -2.13. The molecule has 4 heteroatoms. The Morgan fingerprint density at radius 2 is 1.95 bits per heavy atom. The predicted molar refractivity (Wildman–Crippen MR) is 85.5 cm³/mol. The lowest BCUT2D eigenvalue weighted by molar-refractivity contribution is 0.413. The average Bonchev–Trinajstić information content (AvgIpc) is 2.48. The van der Waals surface area contributed by atoms with Crippen LogP contribution in [0.1, 0.15) is 19.4 Å². The summed E-state index contributed by atoms with van der Waals surface area (Å²) in [5, 5.41) is 3.33. The van der Waals surface area contributed by atoms with E-state index in [0.717, 1.165) is 16.2 Å². The van der Waals surface area contributed by atoms with E-state index in [2.05, 4.69) is 19.2 Å². The summed E-state index contributed by atoms with van der Waals surface area (Å²) in [6, 6.07) is 13.2. The molecule has 112 valence electrons. The Hall–Kier alpha value is -1.52. The van der Waals surface area contributed by atoms with Crippen LogP contribution in [-0.2, 0) is 6.54 Å². The van der Waals surface area contributed by atoms with Crippen molar-refractivity contribution in [1.29, 1.82) is 0 Å². The van der Waals surface area contributed by atoms with E-state index in [-0.39, 0.29) is 5.82 Å². The standard InChI is InChI=1S/C17H20FNOS/c1-12(2)19-11-13-6-4-9-16(18)17(13)21-15-8-5-7-14(10-15)20-3/h4-10,12,19H,11H2,1-3H3. The Balaban J connectivity index is 2.25. The third-order valence-corrected chi connectivity index (χ3v) is 4.16. The molecule has 21 heavy (non-hydrogen) atoms. The van der Waals surface area contributed by atoms with Gasteiger partial charge in [-0.1, -0.05) is 43.8 Å². The van der Waals surface area contributed by atoms with Gasteiger partial charge >= 0.3 is 0 Å². The van der Waals surface area contributed by atoms with E-state index < -0.39 is 0 Å². The van der Waals surface area contributed by atoms with Crippen molar-refractivity contribution in [1.82, 2.24) is 5.32 Å². The SMILES string of the molecule is COc1cccc(Sc2c(F)cccc2CNC(C)C)c1. The minimum atomic E-state index is -0.189. The van der Waals surface area contributed by atoms with Gasteiger partial charge in [-0.25, -0.2) is 4.39 Å².